The Hall–Kier alpha value is -0.820. The lowest BCUT2D eigenvalue weighted by Gasteiger charge is -2.47. The van der Waals surface area contributed by atoms with Crippen molar-refractivity contribution in [2.24, 2.45) is 5.41 Å². The van der Waals surface area contributed by atoms with Crippen molar-refractivity contribution in [1.29, 1.82) is 0 Å². The molecule has 1 atom stereocenters. The molecule has 1 saturated heterocycles. The van der Waals surface area contributed by atoms with Crippen molar-refractivity contribution in [3.8, 4) is 0 Å². The fourth-order valence-electron chi connectivity index (χ4n) is 2.84. The van der Waals surface area contributed by atoms with Crippen molar-refractivity contribution in [3.05, 3.63) is 35.9 Å². The van der Waals surface area contributed by atoms with Gasteiger partial charge in [-0.2, -0.15) is 0 Å². The largest absolute Gasteiger partial charge is 0.311 e. The lowest BCUT2D eigenvalue weighted by Crippen LogP contribution is -2.59. The van der Waals surface area contributed by atoms with Crippen molar-refractivity contribution >= 4 is 0 Å². The van der Waals surface area contributed by atoms with Crippen LogP contribution in [0.5, 0.6) is 0 Å². The maximum atomic E-state index is 3.66. The Bertz CT molecular complexity index is 330. The van der Waals surface area contributed by atoms with Crippen LogP contribution in [0.4, 0.5) is 0 Å². The van der Waals surface area contributed by atoms with Gasteiger partial charge >= 0.3 is 0 Å². The first kappa shape index (κ1) is 11.7. The molecular weight excluding hydrogens is 194 g/mol. The molecule has 2 rings (SSSR count). The fourth-order valence-corrected chi connectivity index (χ4v) is 2.84. The average molecular weight is 217 g/mol. The first-order valence-electron chi connectivity index (χ1n) is 6.28. The molecular formula is C15H23N. The molecule has 1 heteroatoms. The van der Waals surface area contributed by atoms with Crippen LogP contribution < -0.4 is 5.32 Å². The van der Waals surface area contributed by atoms with Crippen LogP contribution in [0, 0.1) is 5.41 Å². The summed E-state index contributed by atoms with van der Waals surface area (Å²) < 4.78 is 0. The summed E-state index contributed by atoms with van der Waals surface area (Å²) >= 11 is 0. The van der Waals surface area contributed by atoms with Crippen LogP contribution in [-0.2, 0) is 6.42 Å². The molecule has 0 bridgehead atoms. The molecule has 1 heterocycles. The van der Waals surface area contributed by atoms with Gasteiger partial charge in [0.05, 0.1) is 0 Å². The van der Waals surface area contributed by atoms with Gasteiger partial charge in [0, 0.05) is 5.54 Å². The third kappa shape index (κ3) is 2.85. The van der Waals surface area contributed by atoms with E-state index in [-0.39, 0.29) is 0 Å². The summed E-state index contributed by atoms with van der Waals surface area (Å²) in [6.07, 6.45) is 3.75. The standard InChI is InChI=1S/C15H23N/c1-14(2,3)12-15(9-10-16-15)11-13-7-5-4-6-8-13/h4-8,16H,9-12H2,1-3H3. The molecule has 1 aromatic rings. The van der Waals surface area contributed by atoms with E-state index in [9.17, 15) is 0 Å². The number of benzene rings is 1. The molecule has 1 nitrogen and oxygen atoms in total. The summed E-state index contributed by atoms with van der Waals surface area (Å²) in [6, 6.07) is 10.8. The van der Waals surface area contributed by atoms with Crippen molar-refractivity contribution in [3.63, 3.8) is 0 Å². The molecule has 88 valence electrons. The van der Waals surface area contributed by atoms with E-state index in [0.717, 1.165) is 0 Å². The second-order valence-corrected chi connectivity index (χ2v) is 6.36. The second-order valence-electron chi connectivity index (χ2n) is 6.36. The van der Waals surface area contributed by atoms with E-state index in [4.69, 9.17) is 0 Å². The summed E-state index contributed by atoms with van der Waals surface area (Å²) in [5.74, 6) is 0. The Labute approximate surface area is 99.3 Å². The number of hydrogen-bond acceptors (Lipinski definition) is 1. The minimum atomic E-state index is 0.361. The predicted molar refractivity (Wildman–Crippen MR) is 69.6 cm³/mol. The molecule has 1 N–H and O–H groups in total. The summed E-state index contributed by atoms with van der Waals surface area (Å²) in [7, 11) is 0. The first-order chi connectivity index (χ1) is 7.49. The van der Waals surface area contributed by atoms with Gasteiger partial charge in [-0.15, -0.1) is 0 Å². The third-order valence-electron chi connectivity index (χ3n) is 3.36. The van der Waals surface area contributed by atoms with Gasteiger partial charge in [0.15, 0.2) is 0 Å². The van der Waals surface area contributed by atoms with Crippen LogP contribution in [0.1, 0.15) is 39.2 Å². The third-order valence-corrected chi connectivity index (χ3v) is 3.36. The van der Waals surface area contributed by atoms with Crippen molar-refractivity contribution in [2.75, 3.05) is 6.54 Å². The van der Waals surface area contributed by atoms with Crippen molar-refractivity contribution in [1.82, 2.24) is 5.32 Å². The first-order valence-corrected chi connectivity index (χ1v) is 6.28. The lowest BCUT2D eigenvalue weighted by atomic mass is 9.71. The fraction of sp³-hybridized carbons (Fsp3) is 0.600. The molecule has 1 aliphatic rings. The molecule has 1 aromatic carbocycles. The van der Waals surface area contributed by atoms with Gasteiger partial charge < -0.3 is 5.32 Å². The van der Waals surface area contributed by atoms with E-state index in [1.54, 1.807) is 0 Å². The van der Waals surface area contributed by atoms with E-state index in [0.29, 0.717) is 11.0 Å². The normalized spacial score (nSPS) is 25.2. The SMILES string of the molecule is CC(C)(C)CC1(Cc2ccccc2)CCN1. The van der Waals surface area contributed by atoms with Crippen LogP contribution >= 0.6 is 0 Å². The van der Waals surface area contributed by atoms with Gasteiger partial charge in [-0.3, -0.25) is 0 Å². The van der Waals surface area contributed by atoms with Gasteiger partial charge in [-0.1, -0.05) is 51.1 Å². The maximum absolute atomic E-state index is 3.66. The van der Waals surface area contributed by atoms with E-state index >= 15 is 0 Å². The van der Waals surface area contributed by atoms with Crippen LogP contribution in [0.25, 0.3) is 0 Å². The Morgan fingerprint density at radius 3 is 2.25 bits per heavy atom. The van der Waals surface area contributed by atoms with E-state index in [2.05, 4.69) is 56.4 Å². The highest BCUT2D eigenvalue weighted by molar-refractivity contribution is 5.19. The molecule has 1 aliphatic heterocycles. The molecule has 0 aromatic heterocycles. The van der Waals surface area contributed by atoms with Crippen LogP contribution in [0.3, 0.4) is 0 Å². The molecule has 0 saturated carbocycles. The predicted octanol–water partition coefficient (Wildman–Crippen LogP) is 3.40. The van der Waals surface area contributed by atoms with Gasteiger partial charge in [0.2, 0.25) is 0 Å². The highest BCUT2D eigenvalue weighted by Crippen LogP contribution is 2.36. The van der Waals surface area contributed by atoms with Crippen molar-refractivity contribution in [2.45, 2.75) is 45.6 Å². The van der Waals surface area contributed by atoms with Gasteiger partial charge in [0.25, 0.3) is 0 Å². The summed E-state index contributed by atoms with van der Waals surface area (Å²) in [5, 5.41) is 3.66. The molecule has 1 fully saturated rings. The quantitative estimate of drug-likeness (QED) is 0.818. The number of hydrogen-bond donors (Lipinski definition) is 1. The van der Waals surface area contributed by atoms with Gasteiger partial charge in [-0.25, -0.2) is 0 Å². The molecule has 16 heavy (non-hydrogen) atoms. The average Bonchev–Trinajstić information content (AvgIpc) is 2.14. The second kappa shape index (κ2) is 4.21. The highest BCUT2D eigenvalue weighted by atomic mass is 15.0. The molecule has 0 amide bonds. The highest BCUT2D eigenvalue weighted by Gasteiger charge is 2.39. The smallest absolute Gasteiger partial charge is 0.0238 e. The van der Waals surface area contributed by atoms with Gasteiger partial charge in [0.1, 0.15) is 0 Å². The van der Waals surface area contributed by atoms with E-state index in [1.165, 1.54) is 31.4 Å². The minimum Gasteiger partial charge on any atom is -0.311 e. The molecule has 1 unspecified atom stereocenters. The molecule has 0 spiro atoms. The van der Waals surface area contributed by atoms with E-state index < -0.39 is 0 Å². The van der Waals surface area contributed by atoms with Crippen molar-refractivity contribution < 1.29 is 0 Å². The summed E-state index contributed by atoms with van der Waals surface area (Å²) in [6.45, 7) is 8.18. The lowest BCUT2D eigenvalue weighted by molar-refractivity contribution is 0.132. The maximum Gasteiger partial charge on any atom is 0.0238 e. The minimum absolute atomic E-state index is 0.361. The summed E-state index contributed by atoms with van der Waals surface area (Å²) in [5.41, 5.74) is 2.22. The zero-order valence-corrected chi connectivity index (χ0v) is 10.7. The van der Waals surface area contributed by atoms with E-state index in [1.807, 2.05) is 0 Å². The zero-order chi connectivity index (χ0) is 11.6. The van der Waals surface area contributed by atoms with Crippen LogP contribution in [0.2, 0.25) is 0 Å². The Morgan fingerprint density at radius 1 is 1.19 bits per heavy atom. The number of rotatable bonds is 3. The monoisotopic (exact) mass is 217 g/mol. The van der Waals surface area contributed by atoms with Gasteiger partial charge in [-0.05, 0) is 36.8 Å². The zero-order valence-electron chi connectivity index (χ0n) is 10.7. The molecule has 0 radical (unpaired) electrons. The Morgan fingerprint density at radius 2 is 1.81 bits per heavy atom. The molecule has 0 aliphatic carbocycles. The van der Waals surface area contributed by atoms with Crippen LogP contribution in [0.15, 0.2) is 30.3 Å². The summed E-state index contributed by atoms with van der Waals surface area (Å²) in [4.78, 5) is 0. The Balaban J connectivity index is 2.06. The van der Waals surface area contributed by atoms with Crippen LogP contribution in [-0.4, -0.2) is 12.1 Å². The number of nitrogens with one attached hydrogen (secondary N) is 1. The Kier molecular flexibility index (Phi) is 3.07. The topological polar surface area (TPSA) is 12.0 Å².